The molecule has 1 aliphatic rings. The van der Waals surface area contributed by atoms with Gasteiger partial charge in [-0.2, -0.15) is 0 Å². The van der Waals surface area contributed by atoms with E-state index in [0.29, 0.717) is 19.1 Å². The average molecular weight is 386 g/mol. The number of carbonyl (C=O) groups excluding carboxylic acids is 1. The number of likely N-dealkylation sites (N-methyl/N-ethyl adjacent to an activating group) is 1. The Morgan fingerprint density at radius 2 is 1.85 bits per heavy atom. The fourth-order valence-electron chi connectivity index (χ4n) is 3.78. The van der Waals surface area contributed by atoms with E-state index in [2.05, 4.69) is 41.5 Å². The lowest BCUT2D eigenvalue weighted by atomic mass is 9.94. The topological polar surface area (TPSA) is 35.6 Å². The van der Waals surface area contributed by atoms with Crippen LogP contribution in [0.15, 0.2) is 41.8 Å². The maximum absolute atomic E-state index is 12.5. The molecule has 1 aromatic carbocycles. The molecular formula is C22H31N3OS. The van der Waals surface area contributed by atoms with Crippen molar-refractivity contribution in [1.82, 2.24) is 9.80 Å². The van der Waals surface area contributed by atoms with Crippen LogP contribution in [0.3, 0.4) is 0 Å². The van der Waals surface area contributed by atoms with Gasteiger partial charge >= 0.3 is 0 Å². The van der Waals surface area contributed by atoms with Gasteiger partial charge in [-0.3, -0.25) is 9.69 Å². The van der Waals surface area contributed by atoms with Crippen LogP contribution in [0.5, 0.6) is 0 Å². The molecule has 0 saturated heterocycles. The van der Waals surface area contributed by atoms with Crippen molar-refractivity contribution in [3.05, 3.63) is 52.2 Å². The fraction of sp³-hybridized carbons (Fsp3) is 0.500. The van der Waals surface area contributed by atoms with E-state index in [1.165, 1.54) is 42.5 Å². The number of thiophene rings is 1. The van der Waals surface area contributed by atoms with Gasteiger partial charge in [-0.15, -0.1) is 11.3 Å². The second-order valence-electron chi connectivity index (χ2n) is 7.55. The molecule has 0 atom stereocenters. The minimum Gasteiger partial charge on any atom is -0.376 e. The number of nitrogens with one attached hydrogen (secondary N) is 1. The zero-order valence-electron chi connectivity index (χ0n) is 16.5. The first-order chi connectivity index (χ1) is 13.1. The quantitative estimate of drug-likeness (QED) is 0.722. The lowest BCUT2D eigenvalue weighted by molar-refractivity contribution is -0.128. The van der Waals surface area contributed by atoms with Crippen molar-refractivity contribution >= 4 is 22.9 Å². The smallest absolute Gasteiger partial charge is 0.241 e. The minimum absolute atomic E-state index is 0.110. The Kier molecular flexibility index (Phi) is 7.30. The average Bonchev–Trinajstić information content (AvgIpc) is 3.20. The molecule has 1 amide bonds. The number of benzene rings is 1. The maximum atomic E-state index is 12.5. The predicted octanol–water partition coefficient (Wildman–Crippen LogP) is 4.58. The van der Waals surface area contributed by atoms with Crippen LogP contribution < -0.4 is 5.32 Å². The van der Waals surface area contributed by atoms with Gasteiger partial charge in [0.2, 0.25) is 5.91 Å². The number of para-hydroxylation sites is 1. The van der Waals surface area contributed by atoms with Crippen molar-refractivity contribution in [1.29, 1.82) is 0 Å². The fourth-order valence-corrected chi connectivity index (χ4v) is 4.54. The highest BCUT2D eigenvalue weighted by Crippen LogP contribution is 2.24. The van der Waals surface area contributed by atoms with Crippen LogP contribution in [0.1, 0.15) is 42.5 Å². The van der Waals surface area contributed by atoms with Gasteiger partial charge in [0.15, 0.2) is 0 Å². The predicted molar refractivity (Wildman–Crippen MR) is 114 cm³/mol. The van der Waals surface area contributed by atoms with Crippen molar-refractivity contribution < 1.29 is 4.79 Å². The first-order valence-corrected chi connectivity index (χ1v) is 10.8. The van der Waals surface area contributed by atoms with Gasteiger partial charge in [0.25, 0.3) is 0 Å². The number of amides is 1. The van der Waals surface area contributed by atoms with E-state index in [9.17, 15) is 4.79 Å². The van der Waals surface area contributed by atoms with Crippen LogP contribution in [0.4, 0.5) is 5.69 Å². The SMILES string of the molecule is CN(Cc1cccs1)C(=O)CNc1ccccc1CN(C)C1CCCCC1. The number of hydrogen-bond donors (Lipinski definition) is 1. The van der Waals surface area contributed by atoms with Crippen LogP contribution in [0, 0.1) is 0 Å². The molecule has 1 fully saturated rings. The summed E-state index contributed by atoms with van der Waals surface area (Å²) in [6.45, 7) is 1.92. The summed E-state index contributed by atoms with van der Waals surface area (Å²) in [5.41, 5.74) is 2.33. The van der Waals surface area contributed by atoms with E-state index in [1.807, 2.05) is 24.6 Å². The van der Waals surface area contributed by atoms with Crippen molar-refractivity contribution in [2.45, 2.75) is 51.2 Å². The Morgan fingerprint density at radius 3 is 2.59 bits per heavy atom. The molecular weight excluding hydrogens is 354 g/mol. The number of anilines is 1. The summed E-state index contributed by atoms with van der Waals surface area (Å²) in [6, 6.07) is 13.1. The summed E-state index contributed by atoms with van der Waals surface area (Å²) in [5, 5.41) is 5.41. The van der Waals surface area contributed by atoms with Crippen LogP contribution in [0.25, 0.3) is 0 Å². The van der Waals surface area contributed by atoms with Gasteiger partial charge in [-0.1, -0.05) is 43.5 Å². The molecule has 1 aliphatic carbocycles. The Balaban J connectivity index is 1.54. The molecule has 5 heteroatoms. The van der Waals surface area contributed by atoms with E-state index in [1.54, 1.807) is 16.2 Å². The first-order valence-electron chi connectivity index (χ1n) is 9.92. The van der Waals surface area contributed by atoms with E-state index >= 15 is 0 Å². The van der Waals surface area contributed by atoms with Crippen molar-refractivity contribution in [3.63, 3.8) is 0 Å². The number of rotatable bonds is 8. The number of nitrogens with zero attached hydrogens (tertiary/aromatic N) is 2. The second kappa shape index (κ2) is 9.90. The molecule has 0 spiro atoms. The van der Waals surface area contributed by atoms with Crippen molar-refractivity contribution in [2.24, 2.45) is 0 Å². The van der Waals surface area contributed by atoms with Crippen LogP contribution in [0.2, 0.25) is 0 Å². The summed E-state index contributed by atoms with van der Waals surface area (Å²) in [7, 11) is 4.10. The molecule has 1 heterocycles. The summed E-state index contributed by atoms with van der Waals surface area (Å²) >= 11 is 1.69. The van der Waals surface area contributed by atoms with Gasteiger partial charge in [0.05, 0.1) is 13.1 Å². The molecule has 0 unspecified atom stereocenters. The molecule has 27 heavy (non-hydrogen) atoms. The molecule has 0 bridgehead atoms. The Labute approximate surface area is 167 Å². The number of hydrogen-bond acceptors (Lipinski definition) is 4. The van der Waals surface area contributed by atoms with Gasteiger partial charge in [-0.05, 0) is 43.0 Å². The van der Waals surface area contributed by atoms with Crippen LogP contribution in [-0.4, -0.2) is 42.4 Å². The Morgan fingerprint density at radius 1 is 1.07 bits per heavy atom. The monoisotopic (exact) mass is 385 g/mol. The summed E-state index contributed by atoms with van der Waals surface area (Å²) < 4.78 is 0. The summed E-state index contributed by atoms with van der Waals surface area (Å²) in [4.78, 5) is 18.0. The van der Waals surface area contributed by atoms with Crippen molar-refractivity contribution in [3.8, 4) is 0 Å². The molecule has 1 N–H and O–H groups in total. The molecule has 2 aromatic rings. The molecule has 0 aliphatic heterocycles. The third-order valence-corrected chi connectivity index (χ3v) is 6.33. The highest BCUT2D eigenvalue weighted by atomic mass is 32.1. The van der Waals surface area contributed by atoms with E-state index < -0.39 is 0 Å². The van der Waals surface area contributed by atoms with Crippen molar-refractivity contribution in [2.75, 3.05) is 26.0 Å². The highest BCUT2D eigenvalue weighted by molar-refractivity contribution is 7.09. The molecule has 4 nitrogen and oxygen atoms in total. The minimum atomic E-state index is 0.110. The first kappa shape index (κ1) is 19.9. The lowest BCUT2D eigenvalue weighted by Gasteiger charge is -2.31. The summed E-state index contributed by atoms with van der Waals surface area (Å²) in [6.07, 6.45) is 6.68. The van der Waals surface area contributed by atoms with E-state index in [4.69, 9.17) is 0 Å². The zero-order valence-corrected chi connectivity index (χ0v) is 17.3. The lowest BCUT2D eigenvalue weighted by Crippen LogP contribution is -2.33. The van der Waals surface area contributed by atoms with Gasteiger partial charge < -0.3 is 10.2 Å². The molecule has 1 saturated carbocycles. The summed E-state index contributed by atoms with van der Waals surface area (Å²) in [5.74, 6) is 0.110. The Bertz CT molecular complexity index is 710. The van der Waals surface area contributed by atoms with Gasteiger partial charge in [0, 0.05) is 30.2 Å². The normalized spacial score (nSPS) is 15.1. The molecule has 0 radical (unpaired) electrons. The Hall–Kier alpha value is -1.85. The van der Waals surface area contributed by atoms with Crippen LogP contribution in [-0.2, 0) is 17.9 Å². The van der Waals surface area contributed by atoms with Gasteiger partial charge in [0.1, 0.15) is 0 Å². The second-order valence-corrected chi connectivity index (χ2v) is 8.58. The van der Waals surface area contributed by atoms with E-state index in [-0.39, 0.29) is 5.91 Å². The highest BCUT2D eigenvalue weighted by Gasteiger charge is 2.19. The zero-order chi connectivity index (χ0) is 19.1. The van der Waals surface area contributed by atoms with Crippen LogP contribution >= 0.6 is 11.3 Å². The third kappa shape index (κ3) is 5.81. The van der Waals surface area contributed by atoms with E-state index in [0.717, 1.165) is 12.2 Å². The van der Waals surface area contributed by atoms with Gasteiger partial charge in [-0.25, -0.2) is 0 Å². The molecule has 3 rings (SSSR count). The third-order valence-electron chi connectivity index (χ3n) is 5.46. The maximum Gasteiger partial charge on any atom is 0.241 e. The molecule has 146 valence electrons. The standard InChI is InChI=1S/C22H31N3OS/c1-24(19-10-4-3-5-11-19)16-18-9-6-7-13-21(18)23-15-22(26)25(2)17-20-12-8-14-27-20/h6-9,12-14,19,23H,3-5,10-11,15-17H2,1-2H3. The largest absolute Gasteiger partial charge is 0.376 e. The number of carbonyl (C=O) groups is 1. The molecule has 1 aromatic heterocycles.